The first-order valence-electron chi connectivity index (χ1n) is 8.80. The molecule has 0 aromatic carbocycles. The van der Waals surface area contributed by atoms with Crippen LogP contribution in [-0.4, -0.2) is 37.7 Å². The molecule has 2 aromatic rings. The number of aromatic nitrogens is 3. The van der Waals surface area contributed by atoms with Crippen LogP contribution in [0.25, 0.3) is 11.0 Å². The van der Waals surface area contributed by atoms with E-state index in [4.69, 9.17) is 16.3 Å². The number of ether oxygens (including phenoxy) is 1. The van der Waals surface area contributed by atoms with Gasteiger partial charge in [0, 0.05) is 21.4 Å². The van der Waals surface area contributed by atoms with Crippen molar-refractivity contribution in [2.75, 3.05) is 6.54 Å². The minimum absolute atomic E-state index is 0.0608. The molecule has 2 aliphatic rings. The molecular weight excluding hydrogens is 479 g/mol. The van der Waals surface area contributed by atoms with E-state index in [9.17, 15) is 4.79 Å². The number of rotatable bonds is 1. The van der Waals surface area contributed by atoms with Gasteiger partial charge in [0.15, 0.2) is 0 Å². The van der Waals surface area contributed by atoms with Crippen molar-refractivity contribution in [1.82, 2.24) is 19.4 Å². The summed E-state index contributed by atoms with van der Waals surface area (Å²) in [6, 6.07) is 0.0608. The molecule has 0 N–H and O–H groups in total. The number of likely N-dealkylation sites (tertiary alicyclic amines) is 1. The first kappa shape index (κ1) is 18.7. The molecule has 1 saturated heterocycles. The molecule has 1 amide bonds. The highest BCUT2D eigenvalue weighted by atomic mass is 127. The van der Waals surface area contributed by atoms with E-state index in [0.717, 1.165) is 26.7 Å². The summed E-state index contributed by atoms with van der Waals surface area (Å²) in [7, 11) is 0. The Labute approximate surface area is 176 Å². The van der Waals surface area contributed by atoms with Gasteiger partial charge < -0.3 is 9.30 Å². The minimum Gasteiger partial charge on any atom is -0.443 e. The lowest BCUT2D eigenvalue weighted by Crippen LogP contribution is -2.35. The smallest absolute Gasteiger partial charge is 0.414 e. The Kier molecular flexibility index (Phi) is 4.70. The zero-order valence-electron chi connectivity index (χ0n) is 15.3. The quantitative estimate of drug-likeness (QED) is 0.413. The Morgan fingerprint density at radius 2 is 2.15 bits per heavy atom. The predicted molar refractivity (Wildman–Crippen MR) is 113 cm³/mol. The molecule has 0 saturated carbocycles. The van der Waals surface area contributed by atoms with Gasteiger partial charge >= 0.3 is 6.09 Å². The zero-order valence-corrected chi connectivity index (χ0v) is 18.2. The highest BCUT2D eigenvalue weighted by Gasteiger charge is 2.43. The van der Waals surface area contributed by atoms with E-state index >= 15 is 0 Å². The van der Waals surface area contributed by atoms with Crippen LogP contribution in [0.15, 0.2) is 36.4 Å². The molecule has 142 valence electrons. The van der Waals surface area contributed by atoms with E-state index in [1.54, 1.807) is 4.90 Å². The summed E-state index contributed by atoms with van der Waals surface area (Å²) in [5.74, 6) is 0.183. The molecule has 0 radical (unpaired) electrons. The summed E-state index contributed by atoms with van der Waals surface area (Å²) in [4.78, 5) is 23.1. The van der Waals surface area contributed by atoms with Gasteiger partial charge in [0.1, 0.15) is 22.7 Å². The number of hydrogen-bond acceptors (Lipinski definition) is 4. The fourth-order valence-corrected chi connectivity index (χ4v) is 4.92. The number of nitrogens with zero attached hydrogens (tertiary/aromatic N) is 4. The number of fused-ring (bicyclic) bond motifs is 2. The number of halogens is 2. The molecule has 27 heavy (non-hydrogen) atoms. The van der Waals surface area contributed by atoms with Crippen molar-refractivity contribution in [3.05, 3.63) is 45.2 Å². The molecule has 0 spiro atoms. The first-order valence-corrected chi connectivity index (χ1v) is 10.3. The maximum absolute atomic E-state index is 12.8. The zero-order chi connectivity index (χ0) is 19.3. The summed E-state index contributed by atoms with van der Waals surface area (Å²) in [5.41, 5.74) is 1.25. The Morgan fingerprint density at radius 3 is 2.89 bits per heavy atom. The van der Waals surface area contributed by atoms with Gasteiger partial charge in [-0.15, -0.1) is 0 Å². The predicted octanol–water partition coefficient (Wildman–Crippen LogP) is 4.94. The molecule has 1 aliphatic heterocycles. The number of carbonyl (C=O) groups is 1. The van der Waals surface area contributed by atoms with E-state index in [2.05, 4.69) is 43.2 Å². The highest BCUT2D eigenvalue weighted by Crippen LogP contribution is 2.43. The van der Waals surface area contributed by atoms with Gasteiger partial charge in [0.05, 0.1) is 18.0 Å². The van der Waals surface area contributed by atoms with Gasteiger partial charge in [-0.2, -0.15) is 0 Å². The van der Waals surface area contributed by atoms with Crippen LogP contribution in [0.3, 0.4) is 0 Å². The maximum Gasteiger partial charge on any atom is 0.414 e. The molecule has 2 unspecified atom stereocenters. The van der Waals surface area contributed by atoms with E-state index in [0.29, 0.717) is 11.7 Å². The Morgan fingerprint density at radius 1 is 1.37 bits per heavy atom. The molecule has 2 atom stereocenters. The van der Waals surface area contributed by atoms with Crippen molar-refractivity contribution in [3.8, 4) is 0 Å². The summed E-state index contributed by atoms with van der Waals surface area (Å²) in [6.45, 7) is 6.18. The first-order chi connectivity index (χ1) is 12.8. The summed E-state index contributed by atoms with van der Waals surface area (Å²) >= 11 is 8.55. The van der Waals surface area contributed by atoms with Gasteiger partial charge in [0.2, 0.25) is 0 Å². The fraction of sp³-hybridized carbons (Fsp3) is 0.421. The summed E-state index contributed by atoms with van der Waals surface area (Å²) in [5, 5.41) is 1.30. The summed E-state index contributed by atoms with van der Waals surface area (Å²) in [6.07, 6.45) is 10.2. The van der Waals surface area contributed by atoms with Crippen LogP contribution < -0.4 is 0 Å². The molecule has 6 nitrogen and oxygen atoms in total. The normalized spacial score (nSPS) is 22.1. The van der Waals surface area contributed by atoms with Crippen LogP contribution in [0.4, 0.5) is 4.79 Å². The van der Waals surface area contributed by atoms with Crippen LogP contribution in [0, 0.1) is 9.49 Å². The molecule has 4 rings (SSSR count). The van der Waals surface area contributed by atoms with E-state index in [1.165, 1.54) is 6.33 Å². The lowest BCUT2D eigenvalue weighted by molar-refractivity contribution is 0.0330. The largest absolute Gasteiger partial charge is 0.443 e. The molecule has 2 aromatic heterocycles. The SMILES string of the molecule is CC(C)(C)OC(=O)N1CC(n2cc(I)c3c(Cl)ncnc32)C2CC=CC=C21. The standard InChI is InChI=1S/C19H20ClIN4O2/c1-19(2,3)27-18(26)25-9-14(11-6-4-5-7-13(11)25)24-8-12(21)15-16(20)22-10-23-17(15)24/h4-5,7-8,10-11,14H,6,9H2,1-3H3. The number of allylic oxidation sites excluding steroid dienone is 4. The fourth-order valence-electron chi connectivity index (χ4n) is 3.74. The summed E-state index contributed by atoms with van der Waals surface area (Å²) < 4.78 is 8.76. The van der Waals surface area contributed by atoms with Crippen LogP contribution in [0.1, 0.15) is 33.2 Å². The molecule has 8 heteroatoms. The second-order valence-corrected chi connectivity index (χ2v) is 9.29. The number of hydrogen-bond donors (Lipinski definition) is 0. The Hall–Kier alpha value is -1.61. The Bertz CT molecular complexity index is 976. The van der Waals surface area contributed by atoms with Crippen molar-refractivity contribution in [1.29, 1.82) is 0 Å². The van der Waals surface area contributed by atoms with Crippen molar-refractivity contribution in [2.24, 2.45) is 5.92 Å². The third kappa shape index (κ3) is 3.35. The Balaban J connectivity index is 1.75. The van der Waals surface area contributed by atoms with E-state index in [-0.39, 0.29) is 18.1 Å². The van der Waals surface area contributed by atoms with Gasteiger partial charge in [-0.05, 0) is 55.9 Å². The molecule has 3 heterocycles. The van der Waals surface area contributed by atoms with Gasteiger partial charge in [0.25, 0.3) is 0 Å². The van der Waals surface area contributed by atoms with E-state index < -0.39 is 5.60 Å². The second-order valence-electron chi connectivity index (χ2n) is 7.77. The molecular formula is C19H20ClIN4O2. The third-order valence-corrected chi connectivity index (χ3v) is 5.91. The van der Waals surface area contributed by atoms with Crippen molar-refractivity contribution in [2.45, 2.75) is 38.8 Å². The van der Waals surface area contributed by atoms with Crippen molar-refractivity contribution in [3.63, 3.8) is 0 Å². The third-order valence-electron chi connectivity index (χ3n) is 4.81. The maximum atomic E-state index is 12.8. The molecule has 0 bridgehead atoms. The number of amides is 1. The van der Waals surface area contributed by atoms with Crippen LogP contribution in [-0.2, 0) is 4.74 Å². The van der Waals surface area contributed by atoms with Crippen LogP contribution in [0.5, 0.6) is 0 Å². The second kappa shape index (κ2) is 6.77. The van der Waals surface area contributed by atoms with Crippen LogP contribution in [0.2, 0.25) is 5.15 Å². The van der Waals surface area contributed by atoms with Crippen LogP contribution >= 0.6 is 34.2 Å². The van der Waals surface area contributed by atoms with Gasteiger partial charge in [-0.3, -0.25) is 4.90 Å². The minimum atomic E-state index is -0.536. The molecule has 1 aliphatic carbocycles. The van der Waals surface area contributed by atoms with Crippen molar-refractivity contribution >= 4 is 51.3 Å². The van der Waals surface area contributed by atoms with E-state index in [1.807, 2.05) is 39.1 Å². The highest BCUT2D eigenvalue weighted by molar-refractivity contribution is 14.1. The van der Waals surface area contributed by atoms with Crippen molar-refractivity contribution < 1.29 is 9.53 Å². The molecule has 1 fully saturated rings. The number of carbonyl (C=O) groups excluding carboxylic acids is 1. The van der Waals surface area contributed by atoms with Gasteiger partial charge in [-0.1, -0.05) is 23.8 Å². The van der Waals surface area contributed by atoms with Gasteiger partial charge in [-0.25, -0.2) is 14.8 Å². The lowest BCUT2D eigenvalue weighted by Gasteiger charge is -2.26. The average molecular weight is 499 g/mol. The lowest BCUT2D eigenvalue weighted by atomic mass is 9.93. The average Bonchev–Trinajstić information content (AvgIpc) is 3.12. The topological polar surface area (TPSA) is 60.2 Å². The monoisotopic (exact) mass is 498 g/mol.